The Morgan fingerprint density at radius 3 is 2.90 bits per heavy atom. The Balaban J connectivity index is 2.25. The summed E-state index contributed by atoms with van der Waals surface area (Å²) in [5.74, 6) is 0.526. The quantitative estimate of drug-likeness (QED) is 0.755. The van der Waals surface area contributed by atoms with Gasteiger partial charge >= 0.3 is 0 Å². The van der Waals surface area contributed by atoms with Crippen molar-refractivity contribution < 1.29 is 13.7 Å². The van der Waals surface area contributed by atoms with Crippen molar-refractivity contribution in [1.29, 1.82) is 0 Å². The van der Waals surface area contributed by atoms with Gasteiger partial charge in [-0.15, -0.1) is 0 Å². The van der Waals surface area contributed by atoms with Crippen molar-refractivity contribution in [3.8, 4) is 5.75 Å². The van der Waals surface area contributed by atoms with Crippen LogP contribution in [-0.2, 0) is 16.0 Å². The molecule has 21 heavy (non-hydrogen) atoms. The molecule has 1 aliphatic rings. The van der Waals surface area contributed by atoms with E-state index >= 15 is 0 Å². The number of anilines is 1. The average Bonchev–Trinajstić information content (AvgIpc) is 2.43. The minimum Gasteiger partial charge on any atom is -0.492 e. The Morgan fingerprint density at radius 2 is 2.24 bits per heavy atom. The summed E-state index contributed by atoms with van der Waals surface area (Å²) >= 11 is -1.58. The number of carbonyl (C=O) groups is 1. The molecule has 1 aliphatic heterocycles. The lowest BCUT2D eigenvalue weighted by molar-refractivity contribution is -0.130. The third kappa shape index (κ3) is 3.15. The Hall–Kier alpha value is -2.09. The van der Waals surface area contributed by atoms with Gasteiger partial charge in [0, 0.05) is 7.05 Å². The first kappa shape index (κ1) is 15.3. The molecule has 1 atom stereocenters. The van der Waals surface area contributed by atoms with Crippen LogP contribution < -0.4 is 20.5 Å². The van der Waals surface area contributed by atoms with Crippen LogP contribution in [0, 0.1) is 5.41 Å². The average molecular weight is 310 g/mol. The van der Waals surface area contributed by atoms with E-state index < -0.39 is 16.6 Å². The van der Waals surface area contributed by atoms with Gasteiger partial charge in [-0.25, -0.2) is 4.21 Å². The van der Waals surface area contributed by atoms with E-state index in [0.29, 0.717) is 17.0 Å². The second-order valence-corrected chi connectivity index (χ2v) is 6.14. The predicted molar refractivity (Wildman–Crippen MR) is 82.3 cm³/mol. The number of nitrogens with zero attached hydrogens (tertiary/aromatic N) is 1. The molecule has 0 bridgehead atoms. The van der Waals surface area contributed by atoms with E-state index in [4.69, 9.17) is 10.5 Å². The van der Waals surface area contributed by atoms with Gasteiger partial charge in [0.1, 0.15) is 18.2 Å². The van der Waals surface area contributed by atoms with E-state index in [1.54, 1.807) is 39.1 Å². The van der Waals surface area contributed by atoms with Gasteiger partial charge in [-0.3, -0.25) is 9.52 Å². The van der Waals surface area contributed by atoms with Gasteiger partial charge in [0.2, 0.25) is 17.1 Å². The van der Waals surface area contributed by atoms with Crippen LogP contribution in [0.2, 0.25) is 0 Å². The molecular weight excluding hydrogens is 292 g/mol. The highest BCUT2D eigenvalue weighted by Crippen LogP contribution is 2.30. The van der Waals surface area contributed by atoms with Gasteiger partial charge in [-0.1, -0.05) is 6.07 Å². The number of hydrogen-bond donors (Lipinski definition) is 3. The van der Waals surface area contributed by atoms with E-state index in [1.807, 2.05) is 0 Å². The molecule has 0 radical (unpaired) electrons. The molecule has 1 amide bonds. The molecule has 8 heteroatoms. The summed E-state index contributed by atoms with van der Waals surface area (Å²) in [6.45, 7) is 3.75. The minimum absolute atomic E-state index is 0.117. The molecule has 1 aromatic rings. The van der Waals surface area contributed by atoms with Crippen LogP contribution in [0.3, 0.4) is 0 Å². The number of benzene rings is 1. The third-order valence-electron chi connectivity index (χ3n) is 3.09. The molecule has 0 aromatic heterocycles. The Morgan fingerprint density at radius 1 is 1.52 bits per heavy atom. The van der Waals surface area contributed by atoms with Gasteiger partial charge in [0.25, 0.3) is 0 Å². The minimum atomic E-state index is -1.58. The maximum absolute atomic E-state index is 11.8. The number of nitrogens with one attached hydrogen (secondary N) is 2. The van der Waals surface area contributed by atoms with Crippen molar-refractivity contribution in [2.24, 2.45) is 15.5 Å². The van der Waals surface area contributed by atoms with Crippen LogP contribution in [0.25, 0.3) is 0 Å². The molecule has 4 N–H and O–H groups in total. The van der Waals surface area contributed by atoms with Crippen molar-refractivity contribution >= 4 is 28.6 Å². The second kappa shape index (κ2) is 5.72. The van der Waals surface area contributed by atoms with E-state index in [-0.39, 0.29) is 18.3 Å². The van der Waals surface area contributed by atoms with E-state index in [1.165, 1.54) is 0 Å². The molecular formula is C13H18N4O3S. The summed E-state index contributed by atoms with van der Waals surface area (Å²) in [5, 5.41) is 2.60. The lowest BCUT2D eigenvalue weighted by Gasteiger charge is -2.24. The van der Waals surface area contributed by atoms with Gasteiger partial charge in [0.15, 0.2) is 0 Å². The zero-order chi connectivity index (χ0) is 15.6. The van der Waals surface area contributed by atoms with Crippen LogP contribution in [0.1, 0.15) is 19.4 Å². The van der Waals surface area contributed by atoms with Crippen LogP contribution >= 0.6 is 0 Å². The third-order valence-corrected chi connectivity index (χ3v) is 3.85. The first-order valence-electron chi connectivity index (χ1n) is 6.36. The number of carbonyl (C=O) groups excluding carboxylic acids is 1. The molecule has 2 rings (SSSR count). The van der Waals surface area contributed by atoms with Gasteiger partial charge in [-0.2, -0.15) is 4.40 Å². The predicted octanol–water partition coefficient (Wildman–Crippen LogP) is 0.547. The zero-order valence-corrected chi connectivity index (χ0v) is 12.9. The number of nitrogens with two attached hydrogens (primary N) is 1. The SMILES string of the molecule is CNC(=O)C(C)(C)COc1cccc2c1C(N)=NS(=O)N2. The zero-order valence-electron chi connectivity index (χ0n) is 12.1. The first-order chi connectivity index (χ1) is 9.85. The summed E-state index contributed by atoms with van der Waals surface area (Å²) in [6, 6.07) is 5.23. The normalized spacial score (nSPS) is 17.3. The topological polar surface area (TPSA) is 106 Å². The molecule has 0 fully saturated rings. The fourth-order valence-electron chi connectivity index (χ4n) is 1.91. The van der Waals surface area contributed by atoms with Crippen molar-refractivity contribution in [2.45, 2.75) is 13.8 Å². The highest BCUT2D eigenvalue weighted by molar-refractivity contribution is 7.85. The van der Waals surface area contributed by atoms with Gasteiger partial charge in [0.05, 0.1) is 16.7 Å². The second-order valence-electron chi connectivity index (χ2n) is 5.26. The number of rotatable bonds is 4. The summed E-state index contributed by atoms with van der Waals surface area (Å²) < 4.78 is 23.7. The monoisotopic (exact) mass is 310 g/mol. The highest BCUT2D eigenvalue weighted by atomic mass is 32.2. The number of amidine groups is 1. The summed E-state index contributed by atoms with van der Waals surface area (Å²) in [5.41, 5.74) is 6.29. The lowest BCUT2D eigenvalue weighted by atomic mass is 9.93. The standard InChI is InChI=1S/C13H18N4O3S/c1-13(2,12(18)15-3)7-20-9-6-4-5-8-10(9)11(14)17-21(19)16-8/h4-6,16H,7H2,1-3H3,(H2,14,17)(H,15,18). The molecule has 0 aliphatic carbocycles. The molecule has 0 saturated carbocycles. The smallest absolute Gasteiger partial charge is 0.245 e. The Bertz CT molecular complexity index is 628. The van der Waals surface area contributed by atoms with Crippen molar-refractivity contribution in [3.05, 3.63) is 23.8 Å². The van der Waals surface area contributed by atoms with Gasteiger partial charge in [-0.05, 0) is 26.0 Å². The first-order valence-corrected chi connectivity index (χ1v) is 7.47. The molecule has 0 spiro atoms. The number of ether oxygens (including phenoxy) is 1. The Kier molecular flexibility index (Phi) is 4.17. The Labute approximate surface area is 125 Å². The summed E-state index contributed by atoms with van der Waals surface area (Å²) in [7, 11) is 1.58. The highest BCUT2D eigenvalue weighted by Gasteiger charge is 2.29. The van der Waals surface area contributed by atoms with Crippen LogP contribution in [0.4, 0.5) is 5.69 Å². The lowest BCUT2D eigenvalue weighted by Crippen LogP contribution is -2.39. The maximum Gasteiger partial charge on any atom is 0.245 e. The van der Waals surface area contributed by atoms with E-state index in [9.17, 15) is 9.00 Å². The molecule has 1 aromatic carbocycles. The van der Waals surface area contributed by atoms with E-state index in [0.717, 1.165) is 0 Å². The van der Waals surface area contributed by atoms with Crippen molar-refractivity contribution in [3.63, 3.8) is 0 Å². The van der Waals surface area contributed by atoms with Crippen molar-refractivity contribution in [2.75, 3.05) is 18.4 Å². The molecule has 1 unspecified atom stereocenters. The molecule has 1 heterocycles. The van der Waals surface area contributed by atoms with Gasteiger partial charge < -0.3 is 15.8 Å². The fraction of sp³-hybridized carbons (Fsp3) is 0.385. The molecule has 7 nitrogen and oxygen atoms in total. The molecule has 0 saturated heterocycles. The van der Waals surface area contributed by atoms with Crippen LogP contribution in [0.5, 0.6) is 5.75 Å². The summed E-state index contributed by atoms with van der Waals surface area (Å²) in [4.78, 5) is 11.8. The number of amides is 1. The fourth-order valence-corrected chi connectivity index (χ4v) is 2.59. The van der Waals surface area contributed by atoms with Crippen LogP contribution in [0.15, 0.2) is 22.6 Å². The van der Waals surface area contributed by atoms with E-state index in [2.05, 4.69) is 14.4 Å². The summed E-state index contributed by atoms with van der Waals surface area (Å²) in [6.07, 6.45) is 0. The largest absolute Gasteiger partial charge is 0.492 e. The maximum atomic E-state index is 11.8. The number of hydrogen-bond acceptors (Lipinski definition) is 4. The van der Waals surface area contributed by atoms with Crippen molar-refractivity contribution in [1.82, 2.24) is 5.32 Å². The molecule has 114 valence electrons. The number of fused-ring (bicyclic) bond motifs is 1. The van der Waals surface area contributed by atoms with Crippen LogP contribution in [-0.4, -0.2) is 29.6 Å².